The van der Waals surface area contributed by atoms with Gasteiger partial charge >= 0.3 is 0 Å². The van der Waals surface area contributed by atoms with Crippen molar-refractivity contribution < 1.29 is 28.5 Å². The summed E-state index contributed by atoms with van der Waals surface area (Å²) in [5.74, 6) is 0.496. The molecule has 0 saturated heterocycles. The molecule has 0 spiro atoms. The van der Waals surface area contributed by atoms with Gasteiger partial charge in [-0.15, -0.1) is 0 Å². The zero-order valence-electron chi connectivity index (χ0n) is 23.9. The highest BCUT2D eigenvalue weighted by Gasteiger charge is 2.34. The smallest absolute Gasteiger partial charge is 0.197 e. The number of ether oxygens (including phenoxy) is 3. The van der Waals surface area contributed by atoms with E-state index in [0.29, 0.717) is 23.5 Å². The SMILES string of the molecule is CCOc1cc2c(c(F)c1OCC)C(=N)N(CC(=O)c1cc(C3CCC(O)CC3)c(OC)c(C(C)(C)C)c1)C2. The number of benzene rings is 2. The molecule has 0 atom stereocenters. The van der Waals surface area contributed by atoms with Crippen molar-refractivity contribution in [2.45, 2.75) is 84.3 Å². The minimum atomic E-state index is -0.626. The lowest BCUT2D eigenvalue weighted by atomic mass is 9.77. The summed E-state index contributed by atoms with van der Waals surface area (Å²) in [6.07, 6.45) is 2.81. The van der Waals surface area contributed by atoms with Crippen LogP contribution in [0.1, 0.15) is 98.8 Å². The van der Waals surface area contributed by atoms with Gasteiger partial charge in [-0.1, -0.05) is 20.8 Å². The van der Waals surface area contributed by atoms with E-state index in [-0.39, 0.29) is 60.1 Å². The zero-order chi connectivity index (χ0) is 28.5. The molecule has 1 fully saturated rings. The Morgan fingerprint density at radius 2 is 1.74 bits per heavy atom. The van der Waals surface area contributed by atoms with E-state index in [2.05, 4.69) is 20.8 Å². The molecule has 2 aliphatic rings. The molecule has 0 aromatic heterocycles. The molecule has 2 aromatic carbocycles. The molecule has 0 radical (unpaired) electrons. The number of rotatable bonds is 9. The minimum absolute atomic E-state index is 0.00300. The Hall–Kier alpha value is -3.13. The van der Waals surface area contributed by atoms with Crippen molar-refractivity contribution in [2.24, 2.45) is 0 Å². The van der Waals surface area contributed by atoms with Crippen molar-refractivity contribution in [1.29, 1.82) is 5.41 Å². The molecular weight excluding hydrogens is 499 g/mol. The average Bonchev–Trinajstić information content (AvgIpc) is 3.20. The first-order chi connectivity index (χ1) is 18.5. The van der Waals surface area contributed by atoms with Gasteiger partial charge in [-0.3, -0.25) is 10.2 Å². The third-order valence-electron chi connectivity index (χ3n) is 7.69. The first kappa shape index (κ1) is 28.9. The third-order valence-corrected chi connectivity index (χ3v) is 7.69. The lowest BCUT2D eigenvalue weighted by Gasteiger charge is -2.31. The van der Waals surface area contributed by atoms with E-state index in [4.69, 9.17) is 19.6 Å². The van der Waals surface area contributed by atoms with Gasteiger partial charge in [-0.25, -0.2) is 4.39 Å². The number of aliphatic hydroxyl groups excluding tert-OH is 1. The molecule has 0 amide bonds. The number of aliphatic hydroxyl groups is 1. The number of halogens is 1. The Morgan fingerprint density at radius 3 is 2.33 bits per heavy atom. The molecule has 1 saturated carbocycles. The van der Waals surface area contributed by atoms with Crippen LogP contribution in [0.4, 0.5) is 4.39 Å². The number of hydrogen-bond donors (Lipinski definition) is 2. The molecule has 1 heterocycles. The second-order valence-corrected chi connectivity index (χ2v) is 11.4. The maximum Gasteiger partial charge on any atom is 0.197 e. The molecule has 39 heavy (non-hydrogen) atoms. The van der Waals surface area contributed by atoms with Crippen LogP contribution in [-0.2, 0) is 12.0 Å². The fourth-order valence-electron chi connectivity index (χ4n) is 5.71. The molecule has 0 unspecified atom stereocenters. The number of Topliss-reactive ketones (excluding diaryl/α,β-unsaturated/α-hetero) is 1. The Kier molecular flexibility index (Phi) is 8.54. The highest BCUT2D eigenvalue weighted by atomic mass is 19.1. The molecule has 212 valence electrons. The van der Waals surface area contributed by atoms with Crippen LogP contribution in [-0.4, -0.2) is 54.6 Å². The van der Waals surface area contributed by atoms with E-state index in [1.807, 2.05) is 19.1 Å². The second-order valence-electron chi connectivity index (χ2n) is 11.4. The van der Waals surface area contributed by atoms with Gasteiger partial charge in [0.15, 0.2) is 23.1 Å². The fraction of sp³-hybridized carbons (Fsp3) is 0.548. The van der Waals surface area contributed by atoms with Gasteiger partial charge in [0, 0.05) is 17.7 Å². The van der Waals surface area contributed by atoms with E-state index < -0.39 is 5.82 Å². The number of nitrogens with one attached hydrogen (secondary N) is 1. The van der Waals surface area contributed by atoms with Gasteiger partial charge in [0.2, 0.25) is 0 Å². The molecule has 2 aromatic rings. The van der Waals surface area contributed by atoms with Gasteiger partial charge in [0.25, 0.3) is 0 Å². The van der Waals surface area contributed by atoms with E-state index in [1.165, 1.54) is 0 Å². The molecular formula is C31H41FN2O5. The van der Waals surface area contributed by atoms with Crippen molar-refractivity contribution in [2.75, 3.05) is 26.9 Å². The Labute approximate surface area is 230 Å². The Balaban J connectivity index is 1.66. The Morgan fingerprint density at radius 1 is 1.08 bits per heavy atom. The first-order valence-corrected chi connectivity index (χ1v) is 13.9. The maximum absolute atomic E-state index is 15.5. The number of carbonyl (C=O) groups excluding carboxylic acids is 1. The van der Waals surface area contributed by atoms with Crippen LogP contribution >= 0.6 is 0 Å². The highest BCUT2D eigenvalue weighted by molar-refractivity contribution is 6.06. The number of nitrogens with zero attached hydrogens (tertiary/aromatic N) is 1. The standard InChI is InChI=1S/C31H41FN2O5/c1-7-38-25-15-20-16-34(30(33)26(20)27(32)29(25)39-8-2)17-24(36)19-13-22(18-9-11-21(35)12-10-18)28(37-6)23(14-19)31(3,4)5/h13-15,18,21,33,35H,7-12,16-17H2,1-6H3. The summed E-state index contributed by atoms with van der Waals surface area (Å²) < 4.78 is 32.5. The molecule has 7 nitrogen and oxygen atoms in total. The monoisotopic (exact) mass is 540 g/mol. The largest absolute Gasteiger partial charge is 0.496 e. The van der Waals surface area contributed by atoms with Crippen LogP contribution in [0.2, 0.25) is 0 Å². The number of ketones is 1. The van der Waals surface area contributed by atoms with Crippen LogP contribution < -0.4 is 14.2 Å². The van der Waals surface area contributed by atoms with Crippen LogP contribution in [0.5, 0.6) is 17.2 Å². The normalized spacial score (nSPS) is 19.2. The number of carbonyl (C=O) groups is 1. The summed E-state index contributed by atoms with van der Waals surface area (Å²) in [5, 5.41) is 18.8. The van der Waals surface area contributed by atoms with Gasteiger partial charge in [-0.05, 0) is 80.2 Å². The summed E-state index contributed by atoms with van der Waals surface area (Å²) in [5.41, 5.74) is 2.98. The van der Waals surface area contributed by atoms with Crippen molar-refractivity contribution in [3.63, 3.8) is 0 Å². The van der Waals surface area contributed by atoms with Crippen molar-refractivity contribution in [3.8, 4) is 17.2 Å². The van der Waals surface area contributed by atoms with E-state index in [9.17, 15) is 9.90 Å². The molecule has 4 rings (SSSR count). The number of fused-ring (bicyclic) bond motifs is 1. The van der Waals surface area contributed by atoms with Crippen molar-refractivity contribution >= 4 is 11.6 Å². The summed E-state index contributed by atoms with van der Waals surface area (Å²) in [7, 11) is 1.66. The number of hydrogen-bond acceptors (Lipinski definition) is 6. The lowest BCUT2D eigenvalue weighted by Crippen LogP contribution is -2.31. The molecule has 1 aliphatic heterocycles. The van der Waals surface area contributed by atoms with Gasteiger partial charge in [0.05, 0.1) is 38.5 Å². The van der Waals surface area contributed by atoms with Crippen LogP contribution in [0.15, 0.2) is 18.2 Å². The molecule has 8 heteroatoms. The maximum atomic E-state index is 15.5. The molecule has 0 bridgehead atoms. The number of methoxy groups -OCH3 is 1. The van der Waals surface area contributed by atoms with Crippen LogP contribution in [0, 0.1) is 11.2 Å². The predicted octanol–water partition coefficient (Wildman–Crippen LogP) is 5.97. The average molecular weight is 541 g/mol. The van der Waals surface area contributed by atoms with Crippen LogP contribution in [0.3, 0.4) is 0 Å². The molecule has 1 aliphatic carbocycles. The van der Waals surface area contributed by atoms with Gasteiger partial charge < -0.3 is 24.2 Å². The van der Waals surface area contributed by atoms with Crippen molar-refractivity contribution in [3.05, 3.63) is 51.8 Å². The minimum Gasteiger partial charge on any atom is -0.496 e. The van der Waals surface area contributed by atoms with Gasteiger partial charge in [-0.2, -0.15) is 0 Å². The lowest BCUT2D eigenvalue weighted by molar-refractivity contribution is 0.0961. The van der Waals surface area contributed by atoms with Gasteiger partial charge in [0.1, 0.15) is 11.6 Å². The predicted molar refractivity (Wildman–Crippen MR) is 149 cm³/mol. The number of amidine groups is 1. The fourth-order valence-corrected chi connectivity index (χ4v) is 5.71. The first-order valence-electron chi connectivity index (χ1n) is 13.9. The highest BCUT2D eigenvalue weighted by Crippen LogP contribution is 2.44. The summed E-state index contributed by atoms with van der Waals surface area (Å²) in [6, 6.07) is 5.54. The van der Waals surface area contributed by atoms with E-state index >= 15 is 4.39 Å². The summed E-state index contributed by atoms with van der Waals surface area (Å²) in [6.45, 7) is 10.7. The Bertz CT molecular complexity index is 1240. The van der Waals surface area contributed by atoms with E-state index in [1.54, 1.807) is 25.0 Å². The second kappa shape index (κ2) is 11.5. The quantitative estimate of drug-likeness (QED) is 0.381. The topological polar surface area (TPSA) is 92.1 Å². The van der Waals surface area contributed by atoms with Crippen molar-refractivity contribution in [1.82, 2.24) is 4.90 Å². The van der Waals surface area contributed by atoms with Crippen LogP contribution in [0.25, 0.3) is 0 Å². The summed E-state index contributed by atoms with van der Waals surface area (Å²) >= 11 is 0. The summed E-state index contributed by atoms with van der Waals surface area (Å²) in [4.78, 5) is 15.3. The zero-order valence-corrected chi connectivity index (χ0v) is 23.9. The third kappa shape index (κ3) is 5.76. The van der Waals surface area contributed by atoms with E-state index in [0.717, 1.165) is 42.6 Å². The molecule has 2 N–H and O–H groups in total.